The monoisotopic (exact) mass is 331 g/mol. The van der Waals surface area contributed by atoms with E-state index in [-0.39, 0.29) is 11.4 Å². The van der Waals surface area contributed by atoms with Gasteiger partial charge in [-0.15, -0.1) is 0 Å². The van der Waals surface area contributed by atoms with Crippen LogP contribution in [0, 0.1) is 11.8 Å². The Morgan fingerprint density at radius 1 is 1.21 bits per heavy atom. The summed E-state index contributed by atoms with van der Waals surface area (Å²) in [6.07, 6.45) is 7.02. The van der Waals surface area contributed by atoms with E-state index in [1.807, 2.05) is 34.8 Å². The number of aromatic nitrogens is 1. The zero-order chi connectivity index (χ0) is 16.7. The zero-order valence-corrected chi connectivity index (χ0v) is 14.9. The molecule has 1 amide bonds. The normalized spacial score (nSPS) is 26.6. The van der Waals surface area contributed by atoms with Gasteiger partial charge in [0, 0.05) is 39.5 Å². The van der Waals surface area contributed by atoms with Crippen LogP contribution in [-0.4, -0.2) is 65.7 Å². The van der Waals surface area contributed by atoms with Crippen LogP contribution in [0.2, 0.25) is 0 Å². The van der Waals surface area contributed by atoms with Crippen LogP contribution in [0.1, 0.15) is 36.2 Å². The van der Waals surface area contributed by atoms with E-state index in [1.54, 1.807) is 0 Å². The molecule has 1 aromatic heterocycles. The van der Waals surface area contributed by atoms with E-state index in [2.05, 4.69) is 11.9 Å². The molecule has 1 aliphatic carbocycles. The Bertz CT molecular complexity index is 602. The number of hydrogen-bond acceptors (Lipinski definition) is 3. The summed E-state index contributed by atoms with van der Waals surface area (Å²) in [6.45, 7) is 4.68. The highest BCUT2D eigenvalue weighted by Gasteiger charge is 2.51. The van der Waals surface area contributed by atoms with Crippen LogP contribution in [0.5, 0.6) is 0 Å². The number of aryl methyl sites for hydroxylation is 1. The number of nitrogens with zero attached hydrogens (tertiary/aromatic N) is 3. The molecule has 24 heavy (non-hydrogen) atoms. The molecule has 2 saturated heterocycles. The van der Waals surface area contributed by atoms with Crippen molar-refractivity contribution in [3.63, 3.8) is 0 Å². The van der Waals surface area contributed by atoms with Crippen molar-refractivity contribution in [3.05, 3.63) is 24.0 Å². The van der Waals surface area contributed by atoms with Crippen molar-refractivity contribution in [2.24, 2.45) is 18.9 Å². The van der Waals surface area contributed by atoms with E-state index >= 15 is 0 Å². The van der Waals surface area contributed by atoms with Crippen molar-refractivity contribution >= 4 is 5.91 Å². The van der Waals surface area contributed by atoms with Crippen LogP contribution in [-0.2, 0) is 11.8 Å². The van der Waals surface area contributed by atoms with Gasteiger partial charge < -0.3 is 14.2 Å². The Balaban J connectivity index is 1.33. The third-order valence-electron chi connectivity index (χ3n) is 6.18. The first-order chi connectivity index (χ1) is 11.6. The lowest BCUT2D eigenvalue weighted by Gasteiger charge is -2.58. The Hall–Kier alpha value is -1.33. The van der Waals surface area contributed by atoms with Gasteiger partial charge in [-0.05, 0) is 63.2 Å². The molecule has 0 N–H and O–H groups in total. The van der Waals surface area contributed by atoms with Gasteiger partial charge in [0.2, 0.25) is 0 Å². The molecule has 1 spiro atoms. The lowest BCUT2D eigenvalue weighted by Crippen LogP contribution is -2.72. The second-order valence-corrected chi connectivity index (χ2v) is 8.15. The molecule has 2 aliphatic heterocycles. The molecule has 3 heterocycles. The number of carbonyl (C=O) groups is 1. The number of carbonyl (C=O) groups excluding carboxylic acids is 1. The van der Waals surface area contributed by atoms with E-state index in [0.29, 0.717) is 5.92 Å². The number of likely N-dealkylation sites (N-methyl/N-ethyl adjacent to an activating group) is 1. The Kier molecular flexibility index (Phi) is 4.17. The number of amides is 1. The minimum absolute atomic E-state index is 0.161. The molecule has 5 nitrogen and oxygen atoms in total. The summed E-state index contributed by atoms with van der Waals surface area (Å²) in [7, 11) is 4.15. The fourth-order valence-electron chi connectivity index (χ4n) is 4.26. The maximum atomic E-state index is 12.6. The standard InChI is InChI=1S/C19H29N3O2/c1-20-8-3-4-17(20)18(23)22-13-19(14-22)10-16(7-9-21(19)2)12-24-11-15-5-6-15/h3-4,8,15-16H,5-7,9-14H2,1-2H3. The number of likely N-dealkylation sites (tertiary alicyclic amines) is 2. The molecule has 1 saturated carbocycles. The summed E-state index contributed by atoms with van der Waals surface area (Å²) >= 11 is 0. The van der Waals surface area contributed by atoms with E-state index < -0.39 is 0 Å². The number of hydrogen-bond donors (Lipinski definition) is 0. The minimum Gasteiger partial charge on any atom is -0.381 e. The van der Waals surface area contributed by atoms with Gasteiger partial charge in [0.15, 0.2) is 0 Å². The van der Waals surface area contributed by atoms with Crippen molar-refractivity contribution in [3.8, 4) is 0 Å². The quantitative estimate of drug-likeness (QED) is 0.828. The second kappa shape index (κ2) is 6.19. The topological polar surface area (TPSA) is 37.7 Å². The van der Waals surface area contributed by atoms with E-state index in [0.717, 1.165) is 50.9 Å². The molecule has 1 atom stereocenters. The molecule has 3 fully saturated rings. The first-order valence-electron chi connectivity index (χ1n) is 9.27. The number of piperidine rings is 1. The van der Waals surface area contributed by atoms with Crippen LogP contribution in [0.15, 0.2) is 18.3 Å². The lowest BCUT2D eigenvalue weighted by molar-refractivity contribution is -0.0763. The summed E-state index contributed by atoms with van der Waals surface area (Å²) in [5.74, 6) is 1.65. The van der Waals surface area contributed by atoms with Gasteiger partial charge in [0.25, 0.3) is 5.91 Å². The minimum atomic E-state index is 0.161. The predicted octanol–water partition coefficient (Wildman–Crippen LogP) is 1.99. The maximum Gasteiger partial charge on any atom is 0.270 e. The average molecular weight is 331 g/mol. The molecule has 0 aromatic carbocycles. The van der Waals surface area contributed by atoms with Crippen molar-refractivity contribution in [1.82, 2.24) is 14.4 Å². The summed E-state index contributed by atoms with van der Waals surface area (Å²) < 4.78 is 7.85. The van der Waals surface area contributed by atoms with Gasteiger partial charge in [-0.2, -0.15) is 0 Å². The smallest absolute Gasteiger partial charge is 0.270 e. The summed E-state index contributed by atoms with van der Waals surface area (Å²) in [6, 6.07) is 3.84. The van der Waals surface area contributed by atoms with Crippen molar-refractivity contribution in [2.45, 2.75) is 31.2 Å². The van der Waals surface area contributed by atoms with Gasteiger partial charge >= 0.3 is 0 Å². The molecule has 1 aromatic rings. The average Bonchev–Trinajstić information content (AvgIpc) is 3.25. The van der Waals surface area contributed by atoms with Gasteiger partial charge in [-0.1, -0.05) is 0 Å². The Labute approximate surface area is 144 Å². The second-order valence-electron chi connectivity index (χ2n) is 8.15. The van der Waals surface area contributed by atoms with Crippen molar-refractivity contribution < 1.29 is 9.53 Å². The van der Waals surface area contributed by atoms with Gasteiger partial charge in [-0.3, -0.25) is 9.69 Å². The zero-order valence-electron chi connectivity index (χ0n) is 14.9. The highest BCUT2D eigenvalue weighted by atomic mass is 16.5. The van der Waals surface area contributed by atoms with Gasteiger partial charge in [0.1, 0.15) is 5.69 Å². The van der Waals surface area contributed by atoms with Crippen LogP contribution in [0.3, 0.4) is 0 Å². The fraction of sp³-hybridized carbons (Fsp3) is 0.737. The fourth-order valence-corrected chi connectivity index (χ4v) is 4.26. The van der Waals surface area contributed by atoms with Crippen LogP contribution in [0.25, 0.3) is 0 Å². The highest BCUT2D eigenvalue weighted by Crippen LogP contribution is 2.39. The molecule has 4 rings (SSSR count). The molecule has 132 valence electrons. The third kappa shape index (κ3) is 3.00. The van der Waals surface area contributed by atoms with E-state index in [9.17, 15) is 4.79 Å². The maximum absolute atomic E-state index is 12.6. The van der Waals surface area contributed by atoms with E-state index in [4.69, 9.17) is 4.74 Å². The van der Waals surface area contributed by atoms with Gasteiger partial charge in [0.05, 0.1) is 5.54 Å². The number of ether oxygens (including phenoxy) is 1. The molecule has 5 heteroatoms. The van der Waals surface area contributed by atoms with Crippen molar-refractivity contribution in [2.75, 3.05) is 39.9 Å². The highest BCUT2D eigenvalue weighted by molar-refractivity contribution is 5.93. The van der Waals surface area contributed by atoms with Crippen molar-refractivity contribution in [1.29, 1.82) is 0 Å². The molecule has 0 radical (unpaired) electrons. The molecule has 3 aliphatic rings. The summed E-state index contributed by atoms with van der Waals surface area (Å²) in [4.78, 5) is 17.1. The first kappa shape index (κ1) is 16.2. The molecule has 1 unspecified atom stereocenters. The van der Waals surface area contributed by atoms with E-state index in [1.165, 1.54) is 19.3 Å². The van der Waals surface area contributed by atoms with Crippen LogP contribution < -0.4 is 0 Å². The number of rotatable bonds is 5. The van der Waals surface area contributed by atoms with Crippen LogP contribution in [0.4, 0.5) is 0 Å². The Morgan fingerprint density at radius 3 is 2.62 bits per heavy atom. The molecular weight excluding hydrogens is 302 g/mol. The Morgan fingerprint density at radius 2 is 1.96 bits per heavy atom. The summed E-state index contributed by atoms with van der Waals surface area (Å²) in [5, 5.41) is 0. The predicted molar refractivity (Wildman–Crippen MR) is 92.9 cm³/mol. The molecular formula is C19H29N3O2. The largest absolute Gasteiger partial charge is 0.381 e. The van der Waals surface area contributed by atoms with Crippen LogP contribution >= 0.6 is 0 Å². The molecule has 0 bridgehead atoms. The van der Waals surface area contributed by atoms with Gasteiger partial charge in [-0.25, -0.2) is 0 Å². The third-order valence-corrected chi connectivity index (χ3v) is 6.18. The summed E-state index contributed by atoms with van der Waals surface area (Å²) in [5.41, 5.74) is 0.958. The first-order valence-corrected chi connectivity index (χ1v) is 9.27. The lowest BCUT2D eigenvalue weighted by atomic mass is 9.75. The SMILES string of the molecule is CN1CCC(COCC2CC2)CC12CN(C(=O)c1cccn1C)C2.